The summed E-state index contributed by atoms with van der Waals surface area (Å²) in [5.41, 5.74) is 4.08. The number of nitrogens with one attached hydrogen (secondary N) is 1. The number of rotatable bonds is 5. The van der Waals surface area contributed by atoms with E-state index in [1.54, 1.807) is 6.92 Å². The van der Waals surface area contributed by atoms with Crippen LogP contribution in [0.3, 0.4) is 0 Å². The van der Waals surface area contributed by atoms with Crippen molar-refractivity contribution in [2.75, 3.05) is 6.61 Å². The number of hydrogen-bond donors (Lipinski definition) is 1. The van der Waals surface area contributed by atoms with Gasteiger partial charge in [0.1, 0.15) is 5.84 Å². The number of carbonyl (C=O) groups is 1. The Hall–Kier alpha value is -3.73. The largest absolute Gasteiger partial charge is 0.450 e. The summed E-state index contributed by atoms with van der Waals surface area (Å²) in [6.45, 7) is 3.99. The van der Waals surface area contributed by atoms with Crippen molar-refractivity contribution in [3.63, 3.8) is 0 Å². The van der Waals surface area contributed by atoms with Crippen LogP contribution in [-0.2, 0) is 4.74 Å². The van der Waals surface area contributed by atoms with Gasteiger partial charge in [-0.15, -0.1) is 0 Å². The van der Waals surface area contributed by atoms with Crippen LogP contribution in [0.1, 0.15) is 29.4 Å². The summed E-state index contributed by atoms with van der Waals surface area (Å²) in [4.78, 5) is 21.4. The number of aliphatic imine (C=N–C) groups is 1. The number of aromatic nitrogens is 1. The second kappa shape index (κ2) is 9.99. The molecule has 1 amide bonds. The number of ether oxygens (including phenoxy) is 1. The molecule has 3 rings (SSSR count). The predicted molar refractivity (Wildman–Crippen MR) is 116 cm³/mol. The average molecular weight is 385 g/mol. The van der Waals surface area contributed by atoms with Crippen molar-refractivity contribution in [2.24, 2.45) is 4.99 Å². The highest BCUT2D eigenvalue weighted by atomic mass is 16.5. The molecule has 0 spiro atoms. The van der Waals surface area contributed by atoms with Crippen molar-refractivity contribution in [1.29, 1.82) is 0 Å². The Balaban J connectivity index is 2.10. The molecule has 0 saturated heterocycles. The van der Waals surface area contributed by atoms with Gasteiger partial charge in [-0.25, -0.2) is 9.79 Å². The number of pyridine rings is 1. The second-order valence-electron chi connectivity index (χ2n) is 6.27. The Bertz CT molecular complexity index is 1010. The van der Waals surface area contributed by atoms with Crippen molar-refractivity contribution in [2.45, 2.75) is 13.8 Å². The zero-order chi connectivity index (χ0) is 20.5. The van der Waals surface area contributed by atoms with E-state index >= 15 is 0 Å². The lowest BCUT2D eigenvalue weighted by Gasteiger charge is -2.11. The highest BCUT2D eigenvalue weighted by molar-refractivity contribution is 6.09. The molecule has 0 atom stereocenters. The zero-order valence-corrected chi connectivity index (χ0v) is 16.5. The number of alkyl carbamates (subject to hydrolysis) is 1. The minimum Gasteiger partial charge on any atom is -0.450 e. The Morgan fingerprint density at radius 1 is 0.966 bits per heavy atom. The molecule has 146 valence electrons. The van der Waals surface area contributed by atoms with Gasteiger partial charge in [-0.2, -0.15) is 0 Å². The van der Waals surface area contributed by atoms with E-state index in [1.165, 1.54) is 0 Å². The van der Waals surface area contributed by atoms with E-state index in [0.717, 1.165) is 22.5 Å². The SMILES string of the molecule is CCOC(=O)NC(=NC(=Cc1cccc(C)n1)c1ccccc1)c1ccccc1. The molecule has 5 nitrogen and oxygen atoms in total. The van der Waals surface area contributed by atoms with Gasteiger partial charge in [0, 0.05) is 16.8 Å². The Morgan fingerprint density at radius 3 is 2.24 bits per heavy atom. The minimum absolute atomic E-state index is 0.280. The maximum absolute atomic E-state index is 12.1. The monoisotopic (exact) mass is 385 g/mol. The number of benzene rings is 2. The van der Waals surface area contributed by atoms with Gasteiger partial charge < -0.3 is 4.74 Å². The second-order valence-corrected chi connectivity index (χ2v) is 6.27. The van der Waals surface area contributed by atoms with E-state index in [0.29, 0.717) is 11.5 Å². The van der Waals surface area contributed by atoms with Crippen molar-refractivity contribution in [3.05, 3.63) is 101 Å². The number of aryl methyl sites for hydroxylation is 1. The van der Waals surface area contributed by atoms with Gasteiger partial charge >= 0.3 is 6.09 Å². The summed E-state index contributed by atoms with van der Waals surface area (Å²) in [7, 11) is 0. The third-order valence-electron chi connectivity index (χ3n) is 4.04. The molecule has 3 aromatic rings. The van der Waals surface area contributed by atoms with Gasteiger partial charge in [-0.3, -0.25) is 10.3 Å². The molecule has 0 fully saturated rings. The lowest BCUT2D eigenvalue weighted by molar-refractivity contribution is 0.158. The fraction of sp³-hybridized carbons (Fsp3) is 0.125. The third kappa shape index (κ3) is 5.87. The van der Waals surface area contributed by atoms with Crippen LogP contribution in [0, 0.1) is 6.92 Å². The Kier molecular flexibility index (Phi) is 6.90. The molecular weight excluding hydrogens is 362 g/mol. The Labute approximate surface area is 170 Å². The predicted octanol–water partition coefficient (Wildman–Crippen LogP) is 5.08. The molecule has 0 aliphatic carbocycles. The fourth-order valence-electron chi connectivity index (χ4n) is 2.72. The van der Waals surface area contributed by atoms with Crippen LogP contribution in [0.5, 0.6) is 0 Å². The van der Waals surface area contributed by atoms with Gasteiger partial charge in [0.05, 0.1) is 18.0 Å². The zero-order valence-electron chi connectivity index (χ0n) is 16.5. The van der Waals surface area contributed by atoms with Gasteiger partial charge in [-0.1, -0.05) is 66.7 Å². The van der Waals surface area contributed by atoms with Gasteiger partial charge in [0.25, 0.3) is 0 Å². The minimum atomic E-state index is -0.545. The summed E-state index contributed by atoms with van der Waals surface area (Å²) >= 11 is 0. The average Bonchev–Trinajstić information content (AvgIpc) is 2.74. The summed E-state index contributed by atoms with van der Waals surface area (Å²) in [5, 5.41) is 2.76. The molecule has 29 heavy (non-hydrogen) atoms. The summed E-state index contributed by atoms with van der Waals surface area (Å²) in [6, 6.07) is 25.1. The van der Waals surface area contributed by atoms with Crippen molar-refractivity contribution < 1.29 is 9.53 Å². The standard InChI is InChI=1S/C24H23N3O2/c1-3-29-24(28)27-23(20-14-8-5-9-15-20)26-22(19-12-6-4-7-13-19)17-21-16-10-11-18(2)25-21/h4-17H,3H2,1-2H3,(H,26,27,28). The van der Waals surface area contributed by atoms with Crippen molar-refractivity contribution in [1.82, 2.24) is 10.3 Å². The first-order chi connectivity index (χ1) is 14.2. The molecule has 0 saturated carbocycles. The van der Waals surface area contributed by atoms with Crippen LogP contribution in [0.2, 0.25) is 0 Å². The fourth-order valence-corrected chi connectivity index (χ4v) is 2.72. The van der Waals surface area contributed by atoms with Gasteiger partial charge in [0.15, 0.2) is 0 Å². The Morgan fingerprint density at radius 2 is 1.62 bits per heavy atom. The van der Waals surface area contributed by atoms with Crippen LogP contribution < -0.4 is 5.32 Å². The molecule has 0 bridgehead atoms. The van der Waals surface area contributed by atoms with E-state index in [4.69, 9.17) is 9.73 Å². The number of carbonyl (C=O) groups excluding carboxylic acids is 1. The first kappa shape index (κ1) is 20.0. The smallest absolute Gasteiger partial charge is 0.412 e. The maximum Gasteiger partial charge on any atom is 0.412 e. The molecule has 5 heteroatoms. The normalized spacial score (nSPS) is 11.8. The van der Waals surface area contributed by atoms with Crippen LogP contribution >= 0.6 is 0 Å². The first-order valence-electron chi connectivity index (χ1n) is 9.44. The number of amides is 1. The van der Waals surface area contributed by atoms with E-state index in [-0.39, 0.29) is 6.61 Å². The van der Waals surface area contributed by atoms with Crippen LogP contribution in [0.25, 0.3) is 11.8 Å². The highest BCUT2D eigenvalue weighted by Crippen LogP contribution is 2.20. The van der Waals surface area contributed by atoms with Crippen LogP contribution in [-0.4, -0.2) is 23.5 Å². The van der Waals surface area contributed by atoms with E-state index in [2.05, 4.69) is 10.3 Å². The molecule has 1 N–H and O–H groups in total. The molecule has 0 aliphatic rings. The molecule has 0 radical (unpaired) electrons. The van der Waals surface area contributed by atoms with E-state index in [9.17, 15) is 4.79 Å². The highest BCUT2D eigenvalue weighted by Gasteiger charge is 2.11. The molecule has 2 aromatic carbocycles. The summed E-state index contributed by atoms with van der Waals surface area (Å²) in [5.74, 6) is 0.409. The van der Waals surface area contributed by atoms with Crippen molar-refractivity contribution in [3.8, 4) is 0 Å². The van der Waals surface area contributed by atoms with Crippen LogP contribution in [0.15, 0.2) is 83.9 Å². The third-order valence-corrected chi connectivity index (χ3v) is 4.04. The molecule has 1 aromatic heterocycles. The van der Waals surface area contributed by atoms with E-state index < -0.39 is 6.09 Å². The maximum atomic E-state index is 12.1. The van der Waals surface area contributed by atoms with E-state index in [1.807, 2.05) is 91.9 Å². The number of amidine groups is 1. The van der Waals surface area contributed by atoms with Gasteiger partial charge in [0.2, 0.25) is 0 Å². The van der Waals surface area contributed by atoms with Crippen molar-refractivity contribution >= 4 is 23.7 Å². The number of nitrogens with zero attached hydrogens (tertiary/aromatic N) is 2. The number of hydrogen-bond acceptors (Lipinski definition) is 4. The molecule has 0 aliphatic heterocycles. The topological polar surface area (TPSA) is 63.6 Å². The lowest BCUT2D eigenvalue weighted by Crippen LogP contribution is -2.32. The molecule has 0 unspecified atom stereocenters. The van der Waals surface area contributed by atoms with Crippen LogP contribution in [0.4, 0.5) is 4.79 Å². The summed E-state index contributed by atoms with van der Waals surface area (Å²) in [6.07, 6.45) is 1.36. The van der Waals surface area contributed by atoms with Gasteiger partial charge in [-0.05, 0) is 32.1 Å². The molecular formula is C24H23N3O2. The lowest BCUT2D eigenvalue weighted by atomic mass is 10.1. The molecule has 1 heterocycles. The summed E-state index contributed by atoms with van der Waals surface area (Å²) < 4.78 is 5.05. The quantitative estimate of drug-likeness (QED) is 0.492. The first-order valence-corrected chi connectivity index (χ1v) is 9.44.